The van der Waals surface area contributed by atoms with E-state index in [-0.39, 0.29) is 5.56 Å². The first-order valence-corrected chi connectivity index (χ1v) is 6.75. The van der Waals surface area contributed by atoms with Gasteiger partial charge >= 0.3 is 5.97 Å². The Hall–Kier alpha value is -2.69. The van der Waals surface area contributed by atoms with Crippen LogP contribution in [0.4, 0.5) is 4.39 Å². The van der Waals surface area contributed by atoms with Crippen LogP contribution in [0.2, 0.25) is 0 Å². The Bertz CT molecular complexity index is 728. The number of amides is 1. The molecule has 0 fully saturated rings. The van der Waals surface area contributed by atoms with Gasteiger partial charge in [-0.25, -0.2) is 9.18 Å². The summed E-state index contributed by atoms with van der Waals surface area (Å²) < 4.78 is 13.8. The van der Waals surface area contributed by atoms with Crippen LogP contribution < -0.4 is 5.32 Å². The summed E-state index contributed by atoms with van der Waals surface area (Å²) in [4.78, 5) is 23.5. The monoisotopic (exact) mass is 301 g/mol. The number of hydrogen-bond acceptors (Lipinski definition) is 2. The van der Waals surface area contributed by atoms with Crippen LogP contribution in [-0.2, 0) is 4.79 Å². The van der Waals surface area contributed by atoms with Crippen molar-refractivity contribution in [2.24, 2.45) is 0 Å². The van der Waals surface area contributed by atoms with E-state index in [4.69, 9.17) is 0 Å². The van der Waals surface area contributed by atoms with Crippen molar-refractivity contribution in [3.05, 3.63) is 70.5 Å². The smallest absolute Gasteiger partial charge is 0.330 e. The number of hydrogen-bond donors (Lipinski definition) is 2. The molecular formula is C17H16FNO3. The van der Waals surface area contributed by atoms with E-state index in [0.29, 0.717) is 11.1 Å². The van der Waals surface area contributed by atoms with Crippen LogP contribution in [0.25, 0.3) is 0 Å². The lowest BCUT2D eigenvalue weighted by Crippen LogP contribution is -2.34. The molecule has 0 spiro atoms. The fourth-order valence-electron chi connectivity index (χ4n) is 2.15. The highest BCUT2D eigenvalue weighted by molar-refractivity contribution is 5.97. The van der Waals surface area contributed by atoms with E-state index in [1.165, 1.54) is 12.1 Å². The molecule has 0 aliphatic rings. The van der Waals surface area contributed by atoms with Crippen molar-refractivity contribution in [1.29, 1.82) is 0 Å². The molecule has 0 bridgehead atoms. The number of carboxylic acid groups (broad SMARTS) is 1. The van der Waals surface area contributed by atoms with Gasteiger partial charge < -0.3 is 10.4 Å². The van der Waals surface area contributed by atoms with Crippen molar-refractivity contribution in [3.63, 3.8) is 0 Å². The summed E-state index contributed by atoms with van der Waals surface area (Å²) in [5.74, 6) is -2.64. The molecule has 2 rings (SSSR count). The second-order valence-corrected chi connectivity index (χ2v) is 5.14. The van der Waals surface area contributed by atoms with Gasteiger partial charge in [-0.3, -0.25) is 4.79 Å². The Labute approximate surface area is 127 Å². The van der Waals surface area contributed by atoms with Crippen molar-refractivity contribution in [3.8, 4) is 0 Å². The van der Waals surface area contributed by atoms with Crippen molar-refractivity contribution in [2.75, 3.05) is 0 Å². The zero-order chi connectivity index (χ0) is 16.3. The zero-order valence-corrected chi connectivity index (χ0v) is 12.3. The summed E-state index contributed by atoms with van der Waals surface area (Å²) in [7, 11) is 0. The Kier molecular flexibility index (Phi) is 4.56. The molecule has 5 heteroatoms. The molecule has 2 N–H and O–H groups in total. The minimum atomic E-state index is -1.23. The van der Waals surface area contributed by atoms with Gasteiger partial charge in [0.15, 0.2) is 6.04 Å². The molecule has 2 aromatic rings. The summed E-state index contributed by atoms with van der Waals surface area (Å²) in [6.45, 7) is 3.53. The number of rotatable bonds is 4. The third kappa shape index (κ3) is 3.49. The predicted molar refractivity (Wildman–Crippen MR) is 80.2 cm³/mol. The van der Waals surface area contributed by atoms with Crippen LogP contribution in [0, 0.1) is 19.7 Å². The third-order valence-electron chi connectivity index (χ3n) is 3.27. The van der Waals surface area contributed by atoms with Crippen molar-refractivity contribution < 1.29 is 19.1 Å². The molecular weight excluding hydrogens is 285 g/mol. The highest BCUT2D eigenvalue weighted by Gasteiger charge is 2.24. The molecule has 1 amide bonds. The van der Waals surface area contributed by atoms with E-state index in [2.05, 4.69) is 5.32 Å². The number of carboxylic acids is 1. The Morgan fingerprint density at radius 1 is 1.09 bits per heavy atom. The van der Waals surface area contributed by atoms with Crippen molar-refractivity contribution in [2.45, 2.75) is 19.9 Å². The van der Waals surface area contributed by atoms with Crippen LogP contribution in [0.3, 0.4) is 0 Å². The quantitative estimate of drug-likeness (QED) is 0.912. The SMILES string of the molecule is Cc1cccc([C@@H](NC(=O)c2ccc(C)cc2F)C(=O)O)c1. The normalized spacial score (nSPS) is 11.8. The molecule has 114 valence electrons. The largest absolute Gasteiger partial charge is 0.479 e. The van der Waals surface area contributed by atoms with Crippen LogP contribution >= 0.6 is 0 Å². The lowest BCUT2D eigenvalue weighted by atomic mass is 10.0. The molecule has 0 saturated carbocycles. The molecule has 0 aliphatic heterocycles. The fraction of sp³-hybridized carbons (Fsp3) is 0.176. The second-order valence-electron chi connectivity index (χ2n) is 5.14. The number of nitrogens with one attached hydrogen (secondary N) is 1. The van der Waals surface area contributed by atoms with Crippen LogP contribution in [-0.4, -0.2) is 17.0 Å². The molecule has 4 nitrogen and oxygen atoms in total. The molecule has 0 aliphatic carbocycles. The predicted octanol–water partition coefficient (Wildman–Crippen LogP) is 3.00. The van der Waals surface area contributed by atoms with Crippen molar-refractivity contribution in [1.82, 2.24) is 5.32 Å². The minimum absolute atomic E-state index is 0.176. The van der Waals surface area contributed by atoms with E-state index < -0.39 is 23.7 Å². The summed E-state index contributed by atoms with van der Waals surface area (Å²) in [5.41, 5.74) is 1.82. The number of carbonyl (C=O) groups is 2. The van der Waals surface area contributed by atoms with Crippen LogP contribution in [0.1, 0.15) is 33.1 Å². The highest BCUT2D eigenvalue weighted by atomic mass is 19.1. The van der Waals surface area contributed by atoms with Crippen molar-refractivity contribution >= 4 is 11.9 Å². The number of carbonyl (C=O) groups excluding carboxylic acids is 1. The zero-order valence-electron chi connectivity index (χ0n) is 12.3. The average Bonchev–Trinajstić information content (AvgIpc) is 2.44. The maximum absolute atomic E-state index is 13.8. The Balaban J connectivity index is 2.28. The Morgan fingerprint density at radius 2 is 1.77 bits per heavy atom. The van der Waals surface area contributed by atoms with E-state index in [0.717, 1.165) is 5.56 Å². The second kappa shape index (κ2) is 6.39. The summed E-state index contributed by atoms with van der Waals surface area (Å²) in [5, 5.41) is 11.7. The third-order valence-corrected chi connectivity index (χ3v) is 3.27. The van der Waals surface area contributed by atoms with Gasteiger partial charge in [0.05, 0.1) is 5.56 Å². The maximum Gasteiger partial charge on any atom is 0.330 e. The van der Waals surface area contributed by atoms with E-state index in [1.807, 2.05) is 13.0 Å². The fourth-order valence-corrected chi connectivity index (χ4v) is 2.15. The topological polar surface area (TPSA) is 66.4 Å². The Morgan fingerprint density at radius 3 is 2.36 bits per heavy atom. The molecule has 1 atom stereocenters. The van der Waals surface area contributed by atoms with Gasteiger partial charge in [-0.1, -0.05) is 35.9 Å². The molecule has 2 aromatic carbocycles. The van der Waals surface area contributed by atoms with Crippen LogP contribution in [0.5, 0.6) is 0 Å². The van der Waals surface area contributed by atoms with E-state index in [9.17, 15) is 19.1 Å². The molecule has 22 heavy (non-hydrogen) atoms. The molecule has 0 saturated heterocycles. The molecule has 0 heterocycles. The first-order valence-electron chi connectivity index (χ1n) is 6.75. The molecule has 0 unspecified atom stereocenters. The van der Waals surface area contributed by atoms with Gasteiger partial charge in [0.2, 0.25) is 0 Å². The lowest BCUT2D eigenvalue weighted by Gasteiger charge is -2.16. The highest BCUT2D eigenvalue weighted by Crippen LogP contribution is 2.17. The first-order chi connectivity index (χ1) is 10.4. The van der Waals surface area contributed by atoms with Gasteiger partial charge in [0.1, 0.15) is 5.82 Å². The number of benzene rings is 2. The van der Waals surface area contributed by atoms with Gasteiger partial charge in [-0.2, -0.15) is 0 Å². The van der Waals surface area contributed by atoms with Gasteiger partial charge in [0.25, 0.3) is 5.91 Å². The summed E-state index contributed by atoms with van der Waals surface area (Å²) in [6.07, 6.45) is 0. The summed E-state index contributed by atoms with van der Waals surface area (Å²) >= 11 is 0. The average molecular weight is 301 g/mol. The minimum Gasteiger partial charge on any atom is -0.479 e. The van der Waals surface area contributed by atoms with E-state index in [1.54, 1.807) is 31.2 Å². The standard InChI is InChI=1S/C17H16FNO3/c1-10-4-3-5-12(8-10)15(17(21)22)19-16(20)13-7-6-11(2)9-14(13)18/h3-9,15H,1-2H3,(H,19,20)(H,21,22)/t15-/m1/s1. The van der Waals surface area contributed by atoms with Gasteiger partial charge in [-0.15, -0.1) is 0 Å². The van der Waals surface area contributed by atoms with Gasteiger partial charge in [-0.05, 0) is 37.1 Å². The number of aliphatic carboxylic acids is 1. The summed E-state index contributed by atoms with van der Waals surface area (Å²) in [6, 6.07) is 9.76. The van der Waals surface area contributed by atoms with E-state index >= 15 is 0 Å². The molecule has 0 radical (unpaired) electrons. The molecule has 0 aromatic heterocycles. The maximum atomic E-state index is 13.8. The van der Waals surface area contributed by atoms with Gasteiger partial charge in [0, 0.05) is 0 Å². The van der Waals surface area contributed by atoms with Crippen LogP contribution in [0.15, 0.2) is 42.5 Å². The number of aryl methyl sites for hydroxylation is 2. The first kappa shape index (κ1) is 15.7. The lowest BCUT2D eigenvalue weighted by molar-refractivity contribution is -0.139. The number of halogens is 1.